The zero-order valence-corrected chi connectivity index (χ0v) is 14.8. The van der Waals surface area contributed by atoms with Crippen molar-refractivity contribution in [1.82, 2.24) is 4.90 Å². The van der Waals surface area contributed by atoms with Crippen molar-refractivity contribution in [1.29, 1.82) is 0 Å². The van der Waals surface area contributed by atoms with E-state index in [1.54, 1.807) is 0 Å². The van der Waals surface area contributed by atoms with Gasteiger partial charge in [0.1, 0.15) is 0 Å². The van der Waals surface area contributed by atoms with Gasteiger partial charge in [0.05, 0.1) is 11.8 Å². The van der Waals surface area contributed by atoms with Crippen LogP contribution >= 0.6 is 0 Å². The van der Waals surface area contributed by atoms with Crippen molar-refractivity contribution < 1.29 is 9.59 Å². The van der Waals surface area contributed by atoms with Crippen LogP contribution in [0.25, 0.3) is 0 Å². The zero-order valence-electron chi connectivity index (χ0n) is 14.8. The van der Waals surface area contributed by atoms with Gasteiger partial charge in [-0.3, -0.25) is 9.59 Å². The van der Waals surface area contributed by atoms with Crippen molar-refractivity contribution in [2.75, 3.05) is 11.9 Å². The largest absolute Gasteiger partial charge is 0.339 e. The summed E-state index contributed by atoms with van der Waals surface area (Å²) in [6.07, 6.45) is 6.11. The minimum atomic E-state index is -0.150. The van der Waals surface area contributed by atoms with Crippen LogP contribution in [0.15, 0.2) is 24.3 Å². The molecule has 0 spiro atoms. The number of benzene rings is 1. The molecule has 24 heavy (non-hydrogen) atoms. The maximum atomic E-state index is 12.7. The summed E-state index contributed by atoms with van der Waals surface area (Å²) in [5.74, 6) is -0.0689. The summed E-state index contributed by atoms with van der Waals surface area (Å²) in [5.41, 5.74) is 2.07. The van der Waals surface area contributed by atoms with E-state index in [-0.39, 0.29) is 23.7 Å². The van der Waals surface area contributed by atoms with E-state index < -0.39 is 0 Å². The number of likely N-dealkylation sites (tertiary alicyclic amines) is 1. The smallest absolute Gasteiger partial charge is 0.228 e. The molecule has 1 saturated heterocycles. The molecule has 3 unspecified atom stereocenters. The van der Waals surface area contributed by atoms with E-state index in [0.29, 0.717) is 12.5 Å². The van der Waals surface area contributed by atoms with Crippen LogP contribution in [0.2, 0.25) is 0 Å². The molecule has 2 amide bonds. The zero-order chi connectivity index (χ0) is 17.1. The fourth-order valence-corrected chi connectivity index (χ4v) is 3.74. The van der Waals surface area contributed by atoms with Crippen molar-refractivity contribution in [3.63, 3.8) is 0 Å². The highest BCUT2D eigenvalue weighted by atomic mass is 16.2. The van der Waals surface area contributed by atoms with Crippen LogP contribution in [-0.2, 0) is 16.0 Å². The molecule has 1 aliphatic carbocycles. The molecular weight excluding hydrogens is 300 g/mol. The Labute approximate surface area is 144 Å². The summed E-state index contributed by atoms with van der Waals surface area (Å²) in [4.78, 5) is 27.2. The SMILES string of the molecule is CCc1ccc(NC(=O)C2CC2C(=O)N2CCCCC2CC)cc1. The Morgan fingerprint density at radius 2 is 1.88 bits per heavy atom. The highest BCUT2D eigenvalue weighted by molar-refractivity contribution is 5.99. The molecule has 4 heteroatoms. The Morgan fingerprint density at radius 3 is 2.54 bits per heavy atom. The number of aryl methyl sites for hydroxylation is 1. The Kier molecular flexibility index (Phi) is 5.22. The lowest BCUT2D eigenvalue weighted by molar-refractivity contribution is -0.137. The summed E-state index contributed by atoms with van der Waals surface area (Å²) in [5, 5.41) is 2.96. The molecule has 3 atom stereocenters. The number of amides is 2. The highest BCUT2D eigenvalue weighted by Crippen LogP contribution is 2.42. The van der Waals surface area contributed by atoms with Gasteiger partial charge < -0.3 is 10.2 Å². The van der Waals surface area contributed by atoms with Crippen LogP contribution in [0.5, 0.6) is 0 Å². The molecule has 4 nitrogen and oxygen atoms in total. The van der Waals surface area contributed by atoms with Crippen molar-refractivity contribution in [3.05, 3.63) is 29.8 Å². The van der Waals surface area contributed by atoms with Crippen LogP contribution < -0.4 is 5.32 Å². The number of nitrogens with one attached hydrogen (secondary N) is 1. The van der Waals surface area contributed by atoms with Gasteiger partial charge in [0.2, 0.25) is 11.8 Å². The average molecular weight is 328 g/mol. The summed E-state index contributed by atoms with van der Waals surface area (Å²) in [6.45, 7) is 5.12. The van der Waals surface area contributed by atoms with Crippen molar-refractivity contribution in [2.24, 2.45) is 11.8 Å². The lowest BCUT2D eigenvalue weighted by atomic mass is 9.99. The van der Waals surface area contributed by atoms with Crippen LogP contribution in [0, 0.1) is 11.8 Å². The van der Waals surface area contributed by atoms with E-state index in [1.807, 2.05) is 29.2 Å². The van der Waals surface area contributed by atoms with Crippen LogP contribution in [0.3, 0.4) is 0 Å². The van der Waals surface area contributed by atoms with E-state index >= 15 is 0 Å². The van der Waals surface area contributed by atoms with Gasteiger partial charge in [-0.2, -0.15) is 0 Å². The predicted octanol–water partition coefficient (Wildman–Crippen LogP) is 3.61. The van der Waals surface area contributed by atoms with Crippen LogP contribution in [-0.4, -0.2) is 29.3 Å². The maximum absolute atomic E-state index is 12.7. The van der Waals surface area contributed by atoms with E-state index in [9.17, 15) is 9.59 Å². The van der Waals surface area contributed by atoms with Crippen molar-refractivity contribution in [2.45, 2.75) is 58.4 Å². The number of rotatable bonds is 5. The first kappa shape index (κ1) is 17.0. The van der Waals surface area contributed by atoms with E-state index in [0.717, 1.165) is 37.9 Å². The van der Waals surface area contributed by atoms with E-state index in [2.05, 4.69) is 19.2 Å². The van der Waals surface area contributed by atoms with Gasteiger partial charge >= 0.3 is 0 Å². The first-order valence-corrected chi connectivity index (χ1v) is 9.34. The maximum Gasteiger partial charge on any atom is 0.228 e. The monoisotopic (exact) mass is 328 g/mol. The second kappa shape index (κ2) is 7.37. The second-order valence-corrected chi connectivity index (χ2v) is 7.08. The summed E-state index contributed by atoms with van der Waals surface area (Å²) in [6, 6.07) is 8.31. The predicted molar refractivity (Wildman–Crippen MR) is 95.7 cm³/mol. The van der Waals surface area contributed by atoms with E-state index in [4.69, 9.17) is 0 Å². The van der Waals surface area contributed by atoms with Crippen LogP contribution in [0.1, 0.15) is 51.5 Å². The van der Waals surface area contributed by atoms with Crippen molar-refractivity contribution in [3.8, 4) is 0 Å². The van der Waals surface area contributed by atoms with Gasteiger partial charge in [0.25, 0.3) is 0 Å². The molecule has 0 radical (unpaired) electrons. The van der Waals surface area contributed by atoms with Gasteiger partial charge in [-0.05, 0) is 56.2 Å². The molecule has 0 bridgehead atoms. The number of nitrogens with zero attached hydrogens (tertiary/aromatic N) is 1. The number of hydrogen-bond donors (Lipinski definition) is 1. The fraction of sp³-hybridized carbons (Fsp3) is 0.600. The standard InChI is InChI=1S/C20H28N2O2/c1-3-14-8-10-15(11-9-14)21-19(23)17-13-18(17)20(24)22-12-6-5-7-16(22)4-2/h8-11,16-18H,3-7,12-13H2,1-2H3,(H,21,23). The third kappa shape index (κ3) is 3.63. The van der Waals surface area contributed by atoms with Crippen LogP contribution in [0.4, 0.5) is 5.69 Å². The number of piperidine rings is 1. The summed E-state index contributed by atoms with van der Waals surface area (Å²) >= 11 is 0. The minimum absolute atomic E-state index is 0.0114. The number of hydrogen-bond acceptors (Lipinski definition) is 2. The fourth-order valence-electron chi connectivity index (χ4n) is 3.74. The van der Waals surface area contributed by atoms with Gasteiger partial charge in [-0.15, -0.1) is 0 Å². The summed E-state index contributed by atoms with van der Waals surface area (Å²) < 4.78 is 0. The first-order chi connectivity index (χ1) is 11.6. The molecule has 1 heterocycles. The Morgan fingerprint density at radius 1 is 1.12 bits per heavy atom. The molecule has 1 aromatic rings. The second-order valence-electron chi connectivity index (χ2n) is 7.08. The average Bonchev–Trinajstić information content (AvgIpc) is 3.42. The Balaban J connectivity index is 1.55. The molecule has 130 valence electrons. The highest BCUT2D eigenvalue weighted by Gasteiger charge is 2.50. The van der Waals surface area contributed by atoms with Gasteiger partial charge in [-0.25, -0.2) is 0 Å². The third-order valence-corrected chi connectivity index (χ3v) is 5.46. The molecule has 2 fully saturated rings. The first-order valence-electron chi connectivity index (χ1n) is 9.34. The molecule has 3 rings (SSSR count). The third-order valence-electron chi connectivity index (χ3n) is 5.46. The Bertz CT molecular complexity index is 596. The minimum Gasteiger partial charge on any atom is -0.339 e. The normalized spacial score (nSPS) is 26.1. The van der Waals surface area contributed by atoms with E-state index in [1.165, 1.54) is 12.0 Å². The van der Waals surface area contributed by atoms with Gasteiger partial charge in [0, 0.05) is 18.3 Å². The molecule has 1 aromatic carbocycles. The molecule has 1 aliphatic heterocycles. The molecule has 1 saturated carbocycles. The van der Waals surface area contributed by atoms with Gasteiger partial charge in [-0.1, -0.05) is 26.0 Å². The molecule has 2 aliphatic rings. The number of carbonyl (C=O) groups is 2. The summed E-state index contributed by atoms with van der Waals surface area (Å²) in [7, 11) is 0. The quantitative estimate of drug-likeness (QED) is 0.897. The Hall–Kier alpha value is -1.84. The lowest BCUT2D eigenvalue weighted by Gasteiger charge is -2.35. The number of anilines is 1. The molecule has 0 aromatic heterocycles. The topological polar surface area (TPSA) is 49.4 Å². The van der Waals surface area contributed by atoms with Crippen molar-refractivity contribution >= 4 is 17.5 Å². The lowest BCUT2D eigenvalue weighted by Crippen LogP contribution is -2.44. The molecular formula is C20H28N2O2. The van der Waals surface area contributed by atoms with Gasteiger partial charge in [0.15, 0.2) is 0 Å². The molecule has 1 N–H and O–H groups in total. The number of carbonyl (C=O) groups excluding carboxylic acids is 2.